The lowest BCUT2D eigenvalue weighted by Gasteiger charge is -2.30. The van der Waals surface area contributed by atoms with Crippen molar-refractivity contribution in [2.75, 3.05) is 25.0 Å². The van der Waals surface area contributed by atoms with Crippen LogP contribution in [0.4, 0.5) is 14.9 Å². The van der Waals surface area contributed by atoms with Gasteiger partial charge in [0.25, 0.3) is 0 Å². The van der Waals surface area contributed by atoms with E-state index in [0.29, 0.717) is 5.69 Å². The number of nitrogens with one attached hydrogen (secondary N) is 1. The Morgan fingerprint density at radius 2 is 2.05 bits per heavy atom. The second kappa shape index (κ2) is 7.26. The van der Waals surface area contributed by atoms with E-state index < -0.39 is 11.7 Å². The number of rotatable bonds is 5. The molecule has 0 saturated carbocycles. The van der Waals surface area contributed by atoms with Crippen molar-refractivity contribution in [3.63, 3.8) is 0 Å². The van der Waals surface area contributed by atoms with Gasteiger partial charge in [-0.15, -0.1) is 0 Å². The molecule has 1 aromatic carbocycles. The summed E-state index contributed by atoms with van der Waals surface area (Å²) in [6, 6.07) is 6.22. The number of carbonyl (C=O) groups excluding carboxylic acids is 1. The average Bonchev–Trinajstić information content (AvgIpc) is 2.37. The van der Waals surface area contributed by atoms with Crippen molar-refractivity contribution in [1.29, 1.82) is 0 Å². The van der Waals surface area contributed by atoms with Crippen LogP contribution in [0.15, 0.2) is 24.3 Å². The predicted octanol–water partition coefficient (Wildman–Crippen LogP) is 2.11. The summed E-state index contributed by atoms with van der Waals surface area (Å²) in [6.07, 6.45) is -0.511. The lowest BCUT2D eigenvalue weighted by atomic mass is 10.2. The summed E-state index contributed by atoms with van der Waals surface area (Å²) >= 11 is 0. The number of nitrogens with zero attached hydrogens (tertiary/aromatic N) is 1. The van der Waals surface area contributed by atoms with E-state index in [4.69, 9.17) is 10.5 Å². The van der Waals surface area contributed by atoms with E-state index in [1.807, 2.05) is 0 Å². The number of anilines is 1. The Morgan fingerprint density at radius 3 is 2.57 bits per heavy atom. The highest BCUT2D eigenvalue weighted by Crippen LogP contribution is 2.18. The third-order valence-electron chi connectivity index (χ3n) is 2.93. The van der Waals surface area contributed by atoms with E-state index in [1.54, 1.807) is 50.9 Å². The van der Waals surface area contributed by atoms with Crippen LogP contribution < -0.4 is 16.0 Å². The highest BCUT2D eigenvalue weighted by atomic mass is 19.1. The van der Waals surface area contributed by atoms with Crippen LogP contribution in [0.1, 0.15) is 20.8 Å². The van der Waals surface area contributed by atoms with Crippen molar-refractivity contribution in [2.24, 2.45) is 5.73 Å². The average molecular weight is 297 g/mol. The Morgan fingerprint density at radius 1 is 1.43 bits per heavy atom. The van der Waals surface area contributed by atoms with Gasteiger partial charge in [-0.3, -0.25) is 0 Å². The molecule has 1 atom stereocenters. The summed E-state index contributed by atoms with van der Waals surface area (Å²) in [6.45, 7) is 5.92. The van der Waals surface area contributed by atoms with Gasteiger partial charge in [0.1, 0.15) is 11.4 Å². The molecule has 1 aromatic rings. The fraction of sp³-hybridized carbons (Fsp3) is 0.533. The molecule has 0 aliphatic carbocycles. The van der Waals surface area contributed by atoms with Crippen LogP contribution in [0.25, 0.3) is 0 Å². The van der Waals surface area contributed by atoms with Crippen LogP contribution in [-0.2, 0) is 4.74 Å². The number of likely N-dealkylation sites (N-methyl/N-ethyl adjacent to an activating group) is 1. The third kappa shape index (κ3) is 5.59. The van der Waals surface area contributed by atoms with E-state index in [2.05, 4.69) is 5.32 Å². The lowest BCUT2D eigenvalue weighted by Crippen LogP contribution is -2.47. The van der Waals surface area contributed by atoms with E-state index >= 15 is 0 Å². The van der Waals surface area contributed by atoms with E-state index in [-0.39, 0.29) is 24.9 Å². The SMILES string of the molecule is CN(c1ccccc1F)C(CN)CNC(=O)OC(C)(C)C. The standard InChI is InChI=1S/C15H24FN3O2/c1-15(2,3)21-14(20)18-10-11(9-17)19(4)13-8-6-5-7-12(13)16/h5-8,11H,9-10,17H2,1-4H3,(H,18,20). The molecule has 1 amide bonds. The first-order chi connectivity index (χ1) is 9.74. The van der Waals surface area contributed by atoms with Gasteiger partial charge in [0.15, 0.2) is 0 Å². The summed E-state index contributed by atoms with van der Waals surface area (Å²) in [5.74, 6) is -0.323. The number of alkyl carbamates (subject to hydrolysis) is 1. The maximum atomic E-state index is 13.8. The Labute approximate surface area is 125 Å². The van der Waals surface area contributed by atoms with Gasteiger partial charge < -0.3 is 20.7 Å². The molecular weight excluding hydrogens is 273 g/mol. The molecule has 0 bridgehead atoms. The first-order valence-corrected chi connectivity index (χ1v) is 6.89. The van der Waals surface area contributed by atoms with Crippen LogP contribution in [0.2, 0.25) is 0 Å². The minimum absolute atomic E-state index is 0.227. The molecule has 0 aliphatic heterocycles. The van der Waals surface area contributed by atoms with Crippen molar-refractivity contribution in [2.45, 2.75) is 32.4 Å². The Kier molecular flexibility index (Phi) is 5.96. The predicted molar refractivity (Wildman–Crippen MR) is 81.9 cm³/mol. The number of amides is 1. The van der Waals surface area contributed by atoms with Crippen LogP contribution >= 0.6 is 0 Å². The maximum Gasteiger partial charge on any atom is 0.407 e. The summed E-state index contributed by atoms with van der Waals surface area (Å²) in [7, 11) is 1.74. The fourth-order valence-corrected chi connectivity index (χ4v) is 1.83. The number of nitrogens with two attached hydrogens (primary N) is 1. The second-order valence-corrected chi connectivity index (χ2v) is 5.83. The smallest absolute Gasteiger partial charge is 0.407 e. The molecule has 0 aromatic heterocycles. The maximum absolute atomic E-state index is 13.8. The molecule has 0 aliphatic rings. The number of benzene rings is 1. The van der Waals surface area contributed by atoms with Gasteiger partial charge in [-0.25, -0.2) is 9.18 Å². The highest BCUT2D eigenvalue weighted by Gasteiger charge is 2.20. The zero-order valence-corrected chi connectivity index (χ0v) is 13.0. The van der Waals surface area contributed by atoms with Gasteiger partial charge in [0.2, 0.25) is 0 Å². The number of carbonyl (C=O) groups is 1. The first kappa shape index (κ1) is 17.2. The molecule has 1 rings (SSSR count). The van der Waals surface area contributed by atoms with Crippen LogP contribution in [-0.4, -0.2) is 37.9 Å². The summed E-state index contributed by atoms with van der Waals surface area (Å²) in [5.41, 5.74) is 5.61. The highest BCUT2D eigenvalue weighted by molar-refractivity contribution is 5.67. The number of para-hydroxylation sites is 1. The molecule has 0 spiro atoms. The summed E-state index contributed by atoms with van der Waals surface area (Å²) < 4.78 is 18.9. The molecule has 21 heavy (non-hydrogen) atoms. The monoisotopic (exact) mass is 297 g/mol. The largest absolute Gasteiger partial charge is 0.444 e. The van der Waals surface area contributed by atoms with E-state index in [1.165, 1.54) is 6.07 Å². The molecular formula is C15H24FN3O2. The molecule has 5 nitrogen and oxygen atoms in total. The Bertz CT molecular complexity index is 474. The van der Waals surface area contributed by atoms with Crippen molar-refractivity contribution in [3.8, 4) is 0 Å². The van der Waals surface area contributed by atoms with Gasteiger partial charge in [-0.05, 0) is 32.9 Å². The second-order valence-electron chi connectivity index (χ2n) is 5.83. The number of hydrogen-bond acceptors (Lipinski definition) is 4. The molecule has 0 radical (unpaired) electrons. The molecule has 3 N–H and O–H groups in total. The topological polar surface area (TPSA) is 67.6 Å². The van der Waals surface area contributed by atoms with Crippen molar-refractivity contribution in [1.82, 2.24) is 5.32 Å². The molecule has 0 saturated heterocycles. The van der Waals surface area contributed by atoms with Crippen molar-refractivity contribution < 1.29 is 13.9 Å². The number of ether oxygens (including phenoxy) is 1. The van der Waals surface area contributed by atoms with E-state index in [9.17, 15) is 9.18 Å². The van der Waals surface area contributed by atoms with Gasteiger partial charge >= 0.3 is 6.09 Å². The normalized spacial score (nSPS) is 12.7. The number of hydrogen-bond donors (Lipinski definition) is 2. The summed E-state index contributed by atoms with van der Waals surface area (Å²) in [4.78, 5) is 13.4. The third-order valence-corrected chi connectivity index (χ3v) is 2.93. The Balaban J connectivity index is 2.63. The van der Waals surface area contributed by atoms with Crippen molar-refractivity contribution in [3.05, 3.63) is 30.1 Å². The molecule has 0 heterocycles. The molecule has 118 valence electrons. The van der Waals surface area contributed by atoms with Crippen molar-refractivity contribution >= 4 is 11.8 Å². The molecule has 6 heteroatoms. The quantitative estimate of drug-likeness (QED) is 0.873. The minimum atomic E-state index is -0.556. The zero-order valence-electron chi connectivity index (χ0n) is 13.0. The van der Waals surface area contributed by atoms with Crippen LogP contribution in [0.5, 0.6) is 0 Å². The molecule has 0 fully saturated rings. The van der Waals surface area contributed by atoms with Gasteiger partial charge in [-0.1, -0.05) is 12.1 Å². The van der Waals surface area contributed by atoms with Gasteiger partial charge in [0, 0.05) is 20.1 Å². The van der Waals surface area contributed by atoms with E-state index in [0.717, 1.165) is 0 Å². The van der Waals surface area contributed by atoms with Crippen LogP contribution in [0.3, 0.4) is 0 Å². The Hall–Kier alpha value is -1.82. The van der Waals surface area contributed by atoms with Crippen LogP contribution in [0, 0.1) is 5.82 Å². The zero-order chi connectivity index (χ0) is 16.0. The lowest BCUT2D eigenvalue weighted by molar-refractivity contribution is 0.0525. The molecule has 1 unspecified atom stereocenters. The number of halogens is 1. The minimum Gasteiger partial charge on any atom is -0.444 e. The first-order valence-electron chi connectivity index (χ1n) is 6.89. The summed E-state index contributed by atoms with van der Waals surface area (Å²) in [5, 5.41) is 2.66. The fourth-order valence-electron chi connectivity index (χ4n) is 1.83. The van der Waals surface area contributed by atoms with Gasteiger partial charge in [-0.2, -0.15) is 0 Å². The van der Waals surface area contributed by atoms with Gasteiger partial charge in [0.05, 0.1) is 11.7 Å².